The molecule has 0 spiro atoms. The Bertz CT molecular complexity index is 1090. The number of ether oxygens (including phenoxy) is 3. The second kappa shape index (κ2) is 13.0. The van der Waals surface area contributed by atoms with E-state index in [1.165, 1.54) is 0 Å². The van der Waals surface area contributed by atoms with Crippen LogP contribution in [0.15, 0.2) is 24.4 Å². The second-order valence-corrected chi connectivity index (χ2v) is 8.67. The van der Waals surface area contributed by atoms with Gasteiger partial charge in [0, 0.05) is 32.4 Å². The van der Waals surface area contributed by atoms with Gasteiger partial charge in [0.2, 0.25) is 11.8 Å². The first-order valence-electron chi connectivity index (χ1n) is 12.7. The Balaban J connectivity index is 1.59. The van der Waals surface area contributed by atoms with E-state index in [2.05, 4.69) is 10.4 Å². The van der Waals surface area contributed by atoms with E-state index < -0.39 is 6.04 Å². The summed E-state index contributed by atoms with van der Waals surface area (Å²) in [6.45, 7) is 12.2. The summed E-state index contributed by atoms with van der Waals surface area (Å²) in [5, 5.41) is 7.35. The highest BCUT2D eigenvalue weighted by Crippen LogP contribution is 2.29. The molecule has 0 aliphatic carbocycles. The normalized spacial score (nSPS) is 14.2. The van der Waals surface area contributed by atoms with Gasteiger partial charge in [-0.1, -0.05) is 6.07 Å². The maximum absolute atomic E-state index is 13.1. The van der Waals surface area contributed by atoms with E-state index >= 15 is 0 Å². The molecule has 11 nitrogen and oxygen atoms in total. The second-order valence-electron chi connectivity index (χ2n) is 8.67. The molecule has 3 amide bonds. The summed E-state index contributed by atoms with van der Waals surface area (Å²) < 4.78 is 17.8. The van der Waals surface area contributed by atoms with Crippen LogP contribution in [0, 0.1) is 6.92 Å². The van der Waals surface area contributed by atoms with Gasteiger partial charge in [0.15, 0.2) is 11.5 Å². The zero-order chi connectivity index (χ0) is 26.9. The minimum Gasteiger partial charge on any atom is -0.490 e. The summed E-state index contributed by atoms with van der Waals surface area (Å²) in [6.07, 6.45) is 1.47. The van der Waals surface area contributed by atoms with Crippen LogP contribution >= 0.6 is 0 Å². The summed E-state index contributed by atoms with van der Waals surface area (Å²) in [7, 11) is 0. The predicted octanol–water partition coefficient (Wildman–Crippen LogP) is 3.03. The Kier molecular flexibility index (Phi) is 9.76. The molecule has 0 bridgehead atoms. The molecule has 37 heavy (non-hydrogen) atoms. The maximum Gasteiger partial charge on any atom is 0.409 e. The molecule has 2 heterocycles. The van der Waals surface area contributed by atoms with Crippen molar-refractivity contribution in [2.45, 2.75) is 47.1 Å². The molecule has 1 N–H and O–H groups in total. The summed E-state index contributed by atoms with van der Waals surface area (Å²) in [5.41, 5.74) is 1.95. The van der Waals surface area contributed by atoms with Crippen LogP contribution in [-0.2, 0) is 20.7 Å². The molecule has 1 aromatic carbocycles. The highest BCUT2D eigenvalue weighted by Gasteiger charge is 2.29. The average molecular weight is 516 g/mol. The van der Waals surface area contributed by atoms with Gasteiger partial charge in [-0.05, 0) is 52.3 Å². The molecule has 0 radical (unpaired) electrons. The largest absolute Gasteiger partial charge is 0.490 e. The first kappa shape index (κ1) is 27.8. The number of piperazine rings is 1. The summed E-state index contributed by atoms with van der Waals surface area (Å²) in [5.74, 6) is 0.950. The molecular formula is C26H37N5O6. The molecule has 1 aliphatic heterocycles. The Hall–Kier alpha value is -3.76. The average Bonchev–Trinajstić information content (AvgIpc) is 3.24. The number of aromatic nitrogens is 2. The fourth-order valence-corrected chi connectivity index (χ4v) is 4.09. The maximum atomic E-state index is 13.1. The number of nitrogens with zero attached hydrogens (tertiary/aromatic N) is 4. The van der Waals surface area contributed by atoms with Crippen LogP contribution in [0.2, 0.25) is 0 Å². The van der Waals surface area contributed by atoms with E-state index in [0.717, 1.165) is 5.56 Å². The van der Waals surface area contributed by atoms with Crippen molar-refractivity contribution in [2.75, 3.05) is 51.3 Å². The van der Waals surface area contributed by atoms with E-state index in [9.17, 15) is 14.4 Å². The van der Waals surface area contributed by atoms with Crippen LogP contribution in [0.25, 0.3) is 0 Å². The van der Waals surface area contributed by atoms with Gasteiger partial charge in [0.1, 0.15) is 6.04 Å². The number of rotatable bonds is 10. The monoisotopic (exact) mass is 515 g/mol. The minimum absolute atomic E-state index is 0.0956. The van der Waals surface area contributed by atoms with E-state index in [1.807, 2.05) is 26.0 Å². The fourth-order valence-electron chi connectivity index (χ4n) is 4.09. The van der Waals surface area contributed by atoms with Gasteiger partial charge in [-0.3, -0.25) is 14.3 Å². The topological polar surface area (TPSA) is 115 Å². The van der Waals surface area contributed by atoms with Gasteiger partial charge in [0.25, 0.3) is 0 Å². The highest BCUT2D eigenvalue weighted by molar-refractivity contribution is 5.92. The smallest absolute Gasteiger partial charge is 0.409 e. The number of hydrogen-bond acceptors (Lipinski definition) is 7. The number of hydrogen-bond donors (Lipinski definition) is 1. The molecule has 11 heteroatoms. The van der Waals surface area contributed by atoms with E-state index in [4.69, 9.17) is 14.2 Å². The number of amides is 3. The molecule has 1 aromatic heterocycles. The van der Waals surface area contributed by atoms with Crippen LogP contribution in [0.3, 0.4) is 0 Å². The van der Waals surface area contributed by atoms with Crippen LogP contribution in [0.1, 0.15) is 45.0 Å². The zero-order valence-electron chi connectivity index (χ0n) is 22.3. The molecule has 1 unspecified atom stereocenters. The van der Waals surface area contributed by atoms with Gasteiger partial charge < -0.3 is 29.3 Å². The van der Waals surface area contributed by atoms with Crippen molar-refractivity contribution in [3.8, 4) is 11.5 Å². The number of anilines is 1. The molecule has 1 saturated heterocycles. The SMILES string of the molecule is CCOC(=O)N1CCN(C(=O)C(C)n2cc(NC(=O)Cc3ccc(OCC)c(OCC)c3)c(C)n2)CC1. The molecule has 0 saturated carbocycles. The standard InChI is InChI=1S/C26H37N5O6/c1-6-35-22-10-9-20(15-23(22)36-7-2)16-24(32)27-21-17-31(28-18(21)4)19(5)25(33)29-11-13-30(14-12-29)26(34)37-8-3/h9-10,15,17,19H,6-8,11-14,16H2,1-5H3,(H,27,32). The third kappa shape index (κ3) is 7.14. The van der Waals surface area contributed by atoms with Crippen molar-refractivity contribution in [2.24, 2.45) is 0 Å². The van der Waals surface area contributed by atoms with Crippen LogP contribution < -0.4 is 14.8 Å². The van der Waals surface area contributed by atoms with Crippen molar-refractivity contribution in [3.63, 3.8) is 0 Å². The van der Waals surface area contributed by atoms with Crippen LogP contribution in [0.4, 0.5) is 10.5 Å². The fraction of sp³-hybridized carbons (Fsp3) is 0.538. The third-order valence-corrected chi connectivity index (χ3v) is 6.03. The molecule has 1 aliphatic rings. The van der Waals surface area contributed by atoms with Crippen LogP contribution in [0.5, 0.6) is 11.5 Å². The zero-order valence-corrected chi connectivity index (χ0v) is 22.3. The number of benzene rings is 1. The summed E-state index contributed by atoms with van der Waals surface area (Å²) in [4.78, 5) is 41.1. The van der Waals surface area contributed by atoms with Gasteiger partial charge in [-0.25, -0.2) is 4.79 Å². The van der Waals surface area contributed by atoms with Gasteiger partial charge in [0.05, 0.1) is 37.6 Å². The Morgan fingerprint density at radius 1 is 0.973 bits per heavy atom. The van der Waals surface area contributed by atoms with E-state index in [0.29, 0.717) is 68.9 Å². The van der Waals surface area contributed by atoms with Crippen molar-refractivity contribution < 1.29 is 28.6 Å². The lowest BCUT2D eigenvalue weighted by Gasteiger charge is -2.35. The first-order valence-corrected chi connectivity index (χ1v) is 12.7. The Morgan fingerprint density at radius 3 is 2.27 bits per heavy atom. The Labute approximate surface area is 217 Å². The lowest BCUT2D eigenvalue weighted by atomic mass is 10.1. The van der Waals surface area contributed by atoms with Gasteiger partial charge >= 0.3 is 6.09 Å². The van der Waals surface area contributed by atoms with Gasteiger partial charge in [-0.15, -0.1) is 0 Å². The summed E-state index contributed by atoms with van der Waals surface area (Å²) >= 11 is 0. The molecule has 3 rings (SSSR count). The van der Waals surface area contributed by atoms with Gasteiger partial charge in [-0.2, -0.15) is 5.10 Å². The molecule has 1 fully saturated rings. The van der Waals surface area contributed by atoms with Crippen molar-refractivity contribution in [1.82, 2.24) is 19.6 Å². The lowest BCUT2D eigenvalue weighted by molar-refractivity contribution is -0.136. The molecular weight excluding hydrogens is 478 g/mol. The van der Waals surface area contributed by atoms with Crippen molar-refractivity contribution in [1.29, 1.82) is 0 Å². The van der Waals surface area contributed by atoms with E-state index in [1.54, 1.807) is 47.5 Å². The molecule has 2 aromatic rings. The molecule has 1 atom stereocenters. The summed E-state index contributed by atoms with van der Waals surface area (Å²) in [6, 6.07) is 4.90. The number of nitrogens with one attached hydrogen (secondary N) is 1. The highest BCUT2D eigenvalue weighted by atomic mass is 16.6. The lowest BCUT2D eigenvalue weighted by Crippen LogP contribution is -2.52. The number of carbonyl (C=O) groups is 3. The van der Waals surface area contributed by atoms with Crippen molar-refractivity contribution in [3.05, 3.63) is 35.7 Å². The van der Waals surface area contributed by atoms with Crippen molar-refractivity contribution >= 4 is 23.6 Å². The Morgan fingerprint density at radius 2 is 1.62 bits per heavy atom. The third-order valence-electron chi connectivity index (χ3n) is 6.03. The minimum atomic E-state index is -0.557. The predicted molar refractivity (Wildman–Crippen MR) is 138 cm³/mol. The van der Waals surface area contributed by atoms with E-state index in [-0.39, 0.29) is 24.3 Å². The first-order chi connectivity index (χ1) is 17.8. The quantitative estimate of drug-likeness (QED) is 0.517. The molecule has 202 valence electrons. The number of aryl methyl sites for hydroxylation is 1. The van der Waals surface area contributed by atoms with Crippen LogP contribution in [-0.4, -0.2) is 83.5 Å². The number of carbonyl (C=O) groups excluding carboxylic acids is 3.